The number of carbonyl (C=O) groups is 4. The Hall–Kier alpha value is -2.70. The van der Waals surface area contributed by atoms with Gasteiger partial charge in [-0.15, -0.1) is 0 Å². The van der Waals surface area contributed by atoms with Crippen molar-refractivity contribution >= 4 is 23.7 Å². The van der Waals surface area contributed by atoms with E-state index in [1.807, 2.05) is 0 Å². The summed E-state index contributed by atoms with van der Waals surface area (Å²) >= 11 is 0. The predicted molar refractivity (Wildman–Crippen MR) is 155 cm³/mol. The number of aliphatic hydroxyl groups is 6. The number of carbonyl (C=O) groups excluding carboxylic acids is 4. The molecule has 6 aliphatic rings. The fourth-order valence-corrected chi connectivity index (χ4v) is 9.70. The number of Topliss-reactive ketones (excluding diaryl/α,β-unsaturated/α-hetero) is 1. The summed E-state index contributed by atoms with van der Waals surface area (Å²) in [6.07, 6.45) is -13.3. The van der Waals surface area contributed by atoms with E-state index < -0.39 is 126 Å². The van der Waals surface area contributed by atoms with Crippen molar-refractivity contribution in [2.45, 2.75) is 101 Å². The Bertz CT molecular complexity index is 1380. The van der Waals surface area contributed by atoms with Crippen LogP contribution in [0.5, 0.6) is 0 Å². The highest BCUT2D eigenvalue weighted by Crippen LogP contribution is 2.72. The van der Waals surface area contributed by atoms with Crippen LogP contribution in [-0.2, 0) is 47.6 Å². The van der Waals surface area contributed by atoms with Crippen molar-refractivity contribution in [3.05, 3.63) is 11.8 Å². The molecule has 2 bridgehead atoms. The summed E-state index contributed by atoms with van der Waals surface area (Å²) in [5, 5.41) is 64.6. The molecule has 16 nitrogen and oxygen atoms in total. The highest BCUT2D eigenvalue weighted by atomic mass is 16.7. The zero-order chi connectivity index (χ0) is 35.2. The molecule has 48 heavy (non-hydrogen) atoms. The second-order valence-electron chi connectivity index (χ2n) is 14.7. The van der Waals surface area contributed by atoms with Crippen molar-refractivity contribution in [3.8, 4) is 0 Å². The molecule has 3 aliphatic heterocycles. The number of hydrogen-bond donors (Lipinski definition) is 6. The van der Waals surface area contributed by atoms with E-state index in [0.29, 0.717) is 0 Å². The van der Waals surface area contributed by atoms with E-state index in [9.17, 15) is 49.8 Å². The van der Waals surface area contributed by atoms with E-state index in [-0.39, 0.29) is 31.1 Å². The molecule has 3 aliphatic carbocycles. The highest BCUT2D eigenvalue weighted by molar-refractivity contribution is 5.96. The largest absolute Gasteiger partial charge is 0.467 e. The molecule has 0 aromatic carbocycles. The Morgan fingerprint density at radius 1 is 1.04 bits per heavy atom. The lowest BCUT2D eigenvalue weighted by molar-refractivity contribution is -0.296. The van der Waals surface area contributed by atoms with Gasteiger partial charge < -0.3 is 59.1 Å². The van der Waals surface area contributed by atoms with Crippen molar-refractivity contribution in [3.63, 3.8) is 0 Å². The monoisotopic (exact) mass is 684 g/mol. The molecular weight excluding hydrogens is 640 g/mol. The standard InChI is InChI=1S/C32H44O16/c1-11(2)6-17(34)48-23-25-31-10-44-32(25,29(42)43-5)26(40)22(39)24(31)30(4)8-14(18(35)12(3)13(30)7-16(31)47-27(23)41)45-28-21(38)20(37)19(36)15(9-33)46-28/h8,11-13,15-16,19-26,28,33,36-40H,6-7,9-10H2,1-5H3/t12-,13-,15+,16+,19+,20-,21+,22+,23+,24+,25+,26-,28+,30-,31+,32+/m0/s1. The molecule has 1 spiro atoms. The number of methoxy groups -OCH3 is 1. The molecule has 0 aromatic rings. The Kier molecular flexibility index (Phi) is 8.76. The Morgan fingerprint density at radius 3 is 2.35 bits per heavy atom. The summed E-state index contributed by atoms with van der Waals surface area (Å²) in [6.45, 7) is 5.84. The van der Waals surface area contributed by atoms with Crippen LogP contribution in [0.3, 0.4) is 0 Å². The van der Waals surface area contributed by atoms with Crippen LogP contribution < -0.4 is 0 Å². The van der Waals surface area contributed by atoms with E-state index in [4.69, 9.17) is 28.4 Å². The third kappa shape index (κ3) is 4.63. The second-order valence-corrected chi connectivity index (χ2v) is 14.7. The summed E-state index contributed by atoms with van der Waals surface area (Å²) in [6, 6.07) is 0. The van der Waals surface area contributed by atoms with Gasteiger partial charge in [0.15, 0.2) is 11.5 Å². The first-order chi connectivity index (χ1) is 22.5. The molecule has 6 N–H and O–H groups in total. The topological polar surface area (TPSA) is 245 Å². The normalized spacial score (nSPS) is 49.3. The van der Waals surface area contributed by atoms with E-state index in [1.165, 1.54) is 6.08 Å². The first-order valence-corrected chi connectivity index (χ1v) is 16.2. The number of rotatable bonds is 7. The maximum absolute atomic E-state index is 13.8. The van der Waals surface area contributed by atoms with Gasteiger partial charge in [-0.25, -0.2) is 9.59 Å². The summed E-state index contributed by atoms with van der Waals surface area (Å²) in [5.41, 5.74) is -5.03. The average Bonchev–Trinajstić information content (AvgIpc) is 3.34. The molecule has 0 aromatic heterocycles. The molecular formula is C32H44O16. The number of fused-ring (bicyclic) bond motifs is 2. The van der Waals surface area contributed by atoms with Gasteiger partial charge in [-0.3, -0.25) is 9.59 Å². The van der Waals surface area contributed by atoms with E-state index in [1.54, 1.807) is 27.7 Å². The third-order valence-electron chi connectivity index (χ3n) is 11.7. The van der Waals surface area contributed by atoms with E-state index >= 15 is 0 Å². The quantitative estimate of drug-likeness (QED) is 0.122. The van der Waals surface area contributed by atoms with Crippen molar-refractivity contribution in [1.29, 1.82) is 0 Å². The number of allylic oxidation sites excluding steroid dienone is 2. The van der Waals surface area contributed by atoms with Crippen molar-refractivity contribution in [2.24, 2.45) is 40.4 Å². The van der Waals surface area contributed by atoms with Gasteiger partial charge in [-0.2, -0.15) is 0 Å². The molecule has 3 saturated heterocycles. The summed E-state index contributed by atoms with van der Waals surface area (Å²) in [7, 11) is 1.06. The Morgan fingerprint density at radius 2 is 1.73 bits per heavy atom. The molecule has 2 saturated carbocycles. The SMILES string of the molecule is COC(=O)[C@]12OC[C@]34[C@H]([C@@H](O)[C@@H]1O)[C@@]1(C)C=C(O[C@@H]5O[C@H](CO)[C@@H](O)[C@H](O)[C@H]5O)C(=O)[C@@H](C)[C@@H]1C[C@H]3OC(=O)[C@H](OC(=O)CC(C)C)[C@@H]24. The van der Waals surface area contributed by atoms with Crippen molar-refractivity contribution < 1.29 is 78.2 Å². The van der Waals surface area contributed by atoms with Gasteiger partial charge in [-0.05, 0) is 29.7 Å². The molecule has 0 amide bonds. The smallest absolute Gasteiger partial charge is 0.348 e. The van der Waals surface area contributed by atoms with Gasteiger partial charge >= 0.3 is 17.9 Å². The van der Waals surface area contributed by atoms with Gasteiger partial charge in [0.2, 0.25) is 18.0 Å². The van der Waals surface area contributed by atoms with Gasteiger partial charge in [0.1, 0.15) is 36.6 Å². The van der Waals surface area contributed by atoms with Crippen LogP contribution in [0.2, 0.25) is 0 Å². The van der Waals surface area contributed by atoms with E-state index in [2.05, 4.69) is 0 Å². The second kappa shape index (κ2) is 12.0. The highest BCUT2D eigenvalue weighted by Gasteiger charge is 2.85. The summed E-state index contributed by atoms with van der Waals surface area (Å²) in [5.74, 6) is -7.71. The van der Waals surface area contributed by atoms with Crippen LogP contribution in [0, 0.1) is 40.4 Å². The van der Waals surface area contributed by atoms with Gasteiger partial charge in [0.05, 0.1) is 32.3 Å². The molecule has 6 rings (SSSR count). The fraction of sp³-hybridized carbons (Fsp3) is 0.812. The van der Waals surface area contributed by atoms with Crippen molar-refractivity contribution in [2.75, 3.05) is 20.3 Å². The minimum Gasteiger partial charge on any atom is -0.467 e. The van der Waals surface area contributed by atoms with Gasteiger partial charge in [-0.1, -0.05) is 27.7 Å². The van der Waals surface area contributed by atoms with Gasteiger partial charge in [0.25, 0.3) is 0 Å². The lowest BCUT2D eigenvalue weighted by Crippen LogP contribution is -2.79. The van der Waals surface area contributed by atoms with Crippen LogP contribution in [-0.4, -0.2) is 135 Å². The fourth-order valence-electron chi connectivity index (χ4n) is 9.70. The van der Waals surface area contributed by atoms with Crippen LogP contribution in [0.4, 0.5) is 0 Å². The molecule has 5 fully saturated rings. The average molecular weight is 685 g/mol. The Balaban J connectivity index is 1.47. The molecule has 16 atom stereocenters. The maximum Gasteiger partial charge on any atom is 0.348 e. The van der Waals surface area contributed by atoms with Crippen LogP contribution in [0.15, 0.2) is 11.8 Å². The summed E-state index contributed by atoms with van der Waals surface area (Å²) < 4.78 is 34.2. The number of ether oxygens (including phenoxy) is 6. The van der Waals surface area contributed by atoms with Crippen LogP contribution in [0.25, 0.3) is 0 Å². The zero-order valence-electron chi connectivity index (χ0n) is 27.3. The lowest BCUT2D eigenvalue weighted by atomic mass is 9.38. The number of aliphatic hydroxyl groups excluding tert-OH is 6. The number of esters is 3. The zero-order valence-corrected chi connectivity index (χ0v) is 27.3. The van der Waals surface area contributed by atoms with Crippen LogP contribution >= 0.6 is 0 Å². The van der Waals surface area contributed by atoms with Crippen molar-refractivity contribution in [1.82, 2.24) is 0 Å². The summed E-state index contributed by atoms with van der Waals surface area (Å²) in [4.78, 5) is 54.0. The molecule has 0 unspecified atom stereocenters. The minimum atomic E-state index is -2.32. The molecule has 16 heteroatoms. The van der Waals surface area contributed by atoms with Gasteiger partial charge in [0, 0.05) is 23.7 Å². The first-order valence-electron chi connectivity index (χ1n) is 16.2. The minimum absolute atomic E-state index is 0.0576. The maximum atomic E-state index is 13.8. The molecule has 3 heterocycles. The number of ketones is 1. The predicted octanol–water partition coefficient (Wildman–Crippen LogP) is -2.29. The van der Waals surface area contributed by atoms with Crippen LogP contribution in [0.1, 0.15) is 40.5 Å². The lowest BCUT2D eigenvalue weighted by Gasteiger charge is -2.67. The Labute approximate surface area is 275 Å². The van der Waals surface area contributed by atoms with E-state index in [0.717, 1.165) is 7.11 Å². The first kappa shape index (κ1) is 35.1. The molecule has 268 valence electrons. The molecule has 0 radical (unpaired) electrons. The number of hydrogen-bond acceptors (Lipinski definition) is 16. The third-order valence-corrected chi connectivity index (χ3v) is 11.7.